The molecule has 0 unspecified atom stereocenters. The molecule has 10 aromatic carbocycles. The van der Waals surface area contributed by atoms with Crippen LogP contribution >= 0.6 is 0 Å². The molecule has 3 aromatic heterocycles. The minimum Gasteiger partial charge on any atom is -0.305 e. The molecule has 0 fully saturated rings. The van der Waals surface area contributed by atoms with Gasteiger partial charge in [-0.2, -0.15) is 0 Å². The maximum Gasteiger partial charge on any atom is 3.00 e. The summed E-state index contributed by atoms with van der Waals surface area (Å²) in [7, 11) is 0. The third-order valence-electron chi connectivity index (χ3n) is 14.0. The van der Waals surface area contributed by atoms with Gasteiger partial charge >= 0.3 is 20.1 Å². The molecule has 4 nitrogen and oxygen atoms in total. The summed E-state index contributed by atoms with van der Waals surface area (Å²) >= 11 is 0. The second-order valence-corrected chi connectivity index (χ2v) is 18.7. The molecule has 0 aliphatic rings. The molecule has 0 radical (unpaired) electrons. The number of para-hydroxylation sites is 2. The molecule has 3 heterocycles. The molecule has 0 amide bonds. The summed E-state index contributed by atoms with van der Waals surface area (Å²) in [4.78, 5) is 19.1. The summed E-state index contributed by atoms with van der Waals surface area (Å²) in [5.74, 6) is 0. The Balaban J connectivity index is 0.00000596. The van der Waals surface area contributed by atoms with Crippen molar-refractivity contribution >= 4 is 11.0 Å². The average molecular weight is 1160 g/mol. The van der Waals surface area contributed by atoms with E-state index in [4.69, 9.17) is 9.97 Å². The minimum absolute atomic E-state index is 0. The van der Waals surface area contributed by atoms with Gasteiger partial charge in [-0.05, 0) is 104 Å². The summed E-state index contributed by atoms with van der Waals surface area (Å²) in [5, 5.41) is 0. The maximum atomic E-state index is 5.07. The van der Waals surface area contributed by atoms with Crippen LogP contribution in [-0.2, 0) is 20.1 Å². The van der Waals surface area contributed by atoms with E-state index in [9.17, 15) is 0 Å². The largest absolute Gasteiger partial charge is 3.00 e. The summed E-state index contributed by atoms with van der Waals surface area (Å²) in [5.41, 5.74) is 24.6. The molecule has 13 rings (SSSR count). The Morgan fingerprint density at radius 2 is 0.675 bits per heavy atom. The molecule has 77 heavy (non-hydrogen) atoms. The average Bonchev–Trinajstić information content (AvgIpc) is 3.55. The van der Waals surface area contributed by atoms with Gasteiger partial charge in [0, 0.05) is 24.3 Å². The van der Waals surface area contributed by atoms with E-state index >= 15 is 0 Å². The number of pyridine rings is 2. The van der Waals surface area contributed by atoms with Gasteiger partial charge in [0.05, 0.1) is 11.0 Å². The molecule has 0 saturated carbocycles. The van der Waals surface area contributed by atoms with Crippen LogP contribution < -0.4 is 0 Å². The standard InChI is InChI=1S/C72H45N4.Ir/c1-2-16-49(17-3-1)50-28-30-53(31-29-50)67-47-56(72-48-75-70-26-10-11-27-71(70)76-72)40-41-66(67)65-23-9-8-22-64(65)59-45-57(62-20-6-4-18-60(62)51-32-36-54(37-33-51)68-24-12-14-42-73-68)44-58(46-59)63-21-7-5-19-61(63)52-34-38-55(39-35-52)69-25-13-15-43-74-69;/h1-36,38,41-48H;/q-3;+3. The molecule has 362 valence electrons. The first kappa shape index (κ1) is 48.4. The summed E-state index contributed by atoms with van der Waals surface area (Å²) in [6.07, 6.45) is 5.50. The predicted molar refractivity (Wildman–Crippen MR) is 311 cm³/mol. The Labute approximate surface area is 462 Å². The predicted octanol–water partition coefficient (Wildman–Crippen LogP) is 18.2. The van der Waals surface area contributed by atoms with Crippen LogP contribution in [0.3, 0.4) is 0 Å². The monoisotopic (exact) mass is 1160 g/mol. The van der Waals surface area contributed by atoms with Crippen molar-refractivity contribution in [2.24, 2.45) is 0 Å². The zero-order chi connectivity index (χ0) is 50.6. The van der Waals surface area contributed by atoms with Gasteiger partial charge in [-0.1, -0.05) is 203 Å². The van der Waals surface area contributed by atoms with Gasteiger partial charge < -0.3 is 9.97 Å². The molecule has 5 heteroatoms. The van der Waals surface area contributed by atoms with Gasteiger partial charge in [0.1, 0.15) is 0 Å². The van der Waals surface area contributed by atoms with Crippen LogP contribution in [0.15, 0.2) is 273 Å². The van der Waals surface area contributed by atoms with E-state index in [0.29, 0.717) is 0 Å². The number of hydrogen-bond acceptors (Lipinski definition) is 4. The van der Waals surface area contributed by atoms with Crippen molar-refractivity contribution in [2.45, 2.75) is 0 Å². The number of benzene rings is 10. The summed E-state index contributed by atoms with van der Waals surface area (Å²) in [6.45, 7) is 0. The van der Waals surface area contributed by atoms with Gasteiger partial charge in [-0.15, -0.1) is 83.4 Å². The first-order chi connectivity index (χ1) is 37.7. The number of aromatic nitrogens is 4. The van der Waals surface area contributed by atoms with Gasteiger partial charge in [0.2, 0.25) is 0 Å². The number of rotatable bonds is 11. The number of hydrogen-bond donors (Lipinski definition) is 0. The normalized spacial score (nSPS) is 11.0. The van der Waals surface area contributed by atoms with Crippen LogP contribution in [0.1, 0.15) is 0 Å². The zero-order valence-corrected chi connectivity index (χ0v) is 44.0. The third kappa shape index (κ3) is 9.98. The fraction of sp³-hybridized carbons (Fsp3) is 0. The molecule has 0 saturated heterocycles. The van der Waals surface area contributed by atoms with Crippen molar-refractivity contribution in [3.63, 3.8) is 0 Å². The minimum atomic E-state index is 0. The molecule has 0 aliphatic heterocycles. The fourth-order valence-electron chi connectivity index (χ4n) is 10.2. The number of fused-ring (bicyclic) bond motifs is 1. The van der Waals surface area contributed by atoms with Crippen molar-refractivity contribution < 1.29 is 20.1 Å². The van der Waals surface area contributed by atoms with Crippen molar-refractivity contribution in [3.8, 4) is 123 Å². The van der Waals surface area contributed by atoms with Gasteiger partial charge in [-0.3, -0.25) is 9.97 Å². The molecular weight excluding hydrogens is 1110 g/mol. The summed E-state index contributed by atoms with van der Waals surface area (Å²) < 4.78 is 0. The molecule has 0 aliphatic carbocycles. The van der Waals surface area contributed by atoms with E-state index in [0.717, 1.165) is 128 Å². The third-order valence-corrected chi connectivity index (χ3v) is 14.0. The first-order valence-corrected chi connectivity index (χ1v) is 25.4. The second kappa shape index (κ2) is 21.8. The Kier molecular flexibility index (Phi) is 13.7. The second-order valence-electron chi connectivity index (χ2n) is 18.7. The Bertz CT molecular complexity index is 4040. The van der Waals surface area contributed by atoms with E-state index in [2.05, 4.69) is 222 Å². The van der Waals surface area contributed by atoms with Crippen LogP contribution in [0.4, 0.5) is 0 Å². The Morgan fingerprint density at radius 3 is 1.19 bits per heavy atom. The molecular formula is C72H45IrN4. The van der Waals surface area contributed by atoms with E-state index in [1.165, 1.54) is 5.56 Å². The summed E-state index contributed by atoms with van der Waals surface area (Å²) in [6, 6.07) is 100. The smallest absolute Gasteiger partial charge is 0.305 e. The molecule has 0 bridgehead atoms. The maximum absolute atomic E-state index is 5.07. The van der Waals surface area contributed by atoms with Crippen LogP contribution in [0, 0.1) is 18.2 Å². The molecule has 0 atom stereocenters. The van der Waals surface area contributed by atoms with Crippen molar-refractivity contribution in [2.75, 3.05) is 0 Å². The van der Waals surface area contributed by atoms with Crippen LogP contribution in [0.25, 0.3) is 134 Å². The van der Waals surface area contributed by atoms with Crippen LogP contribution in [0.5, 0.6) is 0 Å². The van der Waals surface area contributed by atoms with Gasteiger partial charge in [0.25, 0.3) is 0 Å². The zero-order valence-electron chi connectivity index (χ0n) is 41.6. The van der Waals surface area contributed by atoms with Crippen LogP contribution in [0.2, 0.25) is 0 Å². The number of nitrogens with zero attached hydrogens (tertiary/aromatic N) is 4. The topological polar surface area (TPSA) is 51.6 Å². The SMILES string of the molecule is [Ir+3].[c-]1cc(-c2ccccc2-c2cc(-c3ccccc3-c3c[c-]c(-c4ccccn4)cc3)cc(-c3ccccc3-c3c[c-]c(-c4cnc5ccccc5n4)cc3-c3ccc(-c4ccccc4)cc3)c2)ccc1-c1ccccn1. The van der Waals surface area contributed by atoms with E-state index in [1.807, 2.05) is 79.3 Å². The van der Waals surface area contributed by atoms with Crippen LogP contribution in [-0.4, -0.2) is 19.9 Å². The van der Waals surface area contributed by atoms with E-state index in [-0.39, 0.29) is 20.1 Å². The van der Waals surface area contributed by atoms with E-state index in [1.54, 1.807) is 0 Å². The van der Waals surface area contributed by atoms with Gasteiger partial charge in [0.15, 0.2) is 0 Å². The quantitative estimate of drug-likeness (QED) is 0.121. The molecule has 13 aromatic rings. The van der Waals surface area contributed by atoms with Crippen molar-refractivity contribution in [1.82, 2.24) is 19.9 Å². The van der Waals surface area contributed by atoms with E-state index < -0.39 is 0 Å². The first-order valence-electron chi connectivity index (χ1n) is 25.4. The fourth-order valence-corrected chi connectivity index (χ4v) is 10.2. The molecule has 0 spiro atoms. The molecule has 0 N–H and O–H groups in total. The van der Waals surface area contributed by atoms with Crippen molar-refractivity contribution in [3.05, 3.63) is 292 Å². The van der Waals surface area contributed by atoms with Gasteiger partial charge in [-0.25, -0.2) is 0 Å². The Hall–Kier alpha value is -9.51. The Morgan fingerprint density at radius 1 is 0.247 bits per heavy atom. The van der Waals surface area contributed by atoms with Crippen molar-refractivity contribution in [1.29, 1.82) is 0 Å².